The molecule has 1 aromatic carbocycles. The van der Waals surface area contributed by atoms with Crippen molar-refractivity contribution in [2.24, 2.45) is 0 Å². The van der Waals surface area contributed by atoms with E-state index in [0.29, 0.717) is 0 Å². The summed E-state index contributed by atoms with van der Waals surface area (Å²) in [7, 11) is 0. The zero-order chi connectivity index (χ0) is 15.6. The fourth-order valence-electron chi connectivity index (χ4n) is 1.63. The first kappa shape index (κ1) is 15.2. The van der Waals surface area contributed by atoms with E-state index in [1.807, 2.05) is 5.32 Å². The Morgan fingerprint density at radius 2 is 1.95 bits per heavy atom. The van der Waals surface area contributed by atoms with E-state index in [4.69, 9.17) is 11.6 Å². The molecule has 0 saturated carbocycles. The fourth-order valence-corrected chi connectivity index (χ4v) is 1.85. The number of rotatable bonds is 2. The van der Waals surface area contributed by atoms with E-state index in [2.05, 4.69) is 4.98 Å². The maximum absolute atomic E-state index is 13.4. The molecule has 2 rings (SSSR count). The van der Waals surface area contributed by atoms with Crippen molar-refractivity contribution in [3.63, 3.8) is 0 Å². The number of pyridine rings is 1. The van der Waals surface area contributed by atoms with Gasteiger partial charge in [-0.15, -0.1) is 0 Å². The molecule has 1 N–H and O–H groups in total. The largest absolute Gasteiger partial charge is 0.418 e. The predicted molar refractivity (Wildman–Crippen MR) is 68.6 cm³/mol. The summed E-state index contributed by atoms with van der Waals surface area (Å²) in [5, 5.41) is 1.69. The number of nitrogens with one attached hydrogen (secondary N) is 1. The average Bonchev–Trinajstić information content (AvgIpc) is 2.40. The van der Waals surface area contributed by atoms with Crippen LogP contribution in [0.3, 0.4) is 0 Å². The first-order valence-electron chi connectivity index (χ1n) is 5.57. The highest BCUT2D eigenvalue weighted by molar-refractivity contribution is 6.34. The third kappa shape index (κ3) is 3.30. The van der Waals surface area contributed by atoms with Crippen LogP contribution >= 0.6 is 11.6 Å². The van der Waals surface area contributed by atoms with E-state index in [1.165, 1.54) is 6.07 Å². The number of nitrogens with zero attached hydrogens (tertiary/aromatic N) is 1. The van der Waals surface area contributed by atoms with Crippen LogP contribution in [0.1, 0.15) is 15.9 Å². The smallest absolute Gasteiger partial charge is 0.320 e. The Balaban J connectivity index is 2.41. The lowest BCUT2D eigenvalue weighted by atomic mass is 10.1. The van der Waals surface area contributed by atoms with Crippen molar-refractivity contribution in [3.05, 3.63) is 58.6 Å². The van der Waals surface area contributed by atoms with Crippen molar-refractivity contribution >= 4 is 23.2 Å². The molecule has 0 bridgehead atoms. The summed E-state index contributed by atoms with van der Waals surface area (Å²) in [6.07, 6.45) is -2.77. The Morgan fingerprint density at radius 3 is 2.57 bits per heavy atom. The molecular formula is C13H7ClF4N2O. The molecule has 21 heavy (non-hydrogen) atoms. The van der Waals surface area contributed by atoms with E-state index in [1.54, 1.807) is 0 Å². The molecule has 2 aromatic rings. The van der Waals surface area contributed by atoms with Gasteiger partial charge >= 0.3 is 6.18 Å². The number of carbonyl (C=O) groups is 1. The van der Waals surface area contributed by atoms with Gasteiger partial charge in [0.05, 0.1) is 28.0 Å². The lowest BCUT2D eigenvalue weighted by Crippen LogP contribution is -2.18. The van der Waals surface area contributed by atoms with Crippen LogP contribution in [0.15, 0.2) is 36.7 Å². The van der Waals surface area contributed by atoms with Gasteiger partial charge in [0.2, 0.25) is 0 Å². The molecule has 0 aliphatic carbocycles. The van der Waals surface area contributed by atoms with Crippen LogP contribution in [0.4, 0.5) is 23.2 Å². The number of para-hydroxylation sites is 1. The SMILES string of the molecule is O=C(Nc1c(Cl)cccc1C(F)(F)F)c1ccncc1F. The second kappa shape index (κ2) is 5.69. The van der Waals surface area contributed by atoms with Crippen molar-refractivity contribution in [2.75, 3.05) is 5.32 Å². The average molecular weight is 319 g/mol. The summed E-state index contributed by atoms with van der Waals surface area (Å²) in [5.74, 6) is -2.00. The lowest BCUT2D eigenvalue weighted by Gasteiger charge is -2.15. The van der Waals surface area contributed by atoms with Gasteiger partial charge in [-0.05, 0) is 18.2 Å². The number of carbonyl (C=O) groups excluding carboxylic acids is 1. The first-order chi connectivity index (χ1) is 9.80. The van der Waals surface area contributed by atoms with Gasteiger partial charge < -0.3 is 5.32 Å². The summed E-state index contributed by atoms with van der Waals surface area (Å²) in [6, 6.07) is 4.11. The minimum Gasteiger partial charge on any atom is -0.320 e. The standard InChI is InChI=1S/C13H7ClF4N2O/c14-9-3-1-2-8(13(16,17)18)11(9)20-12(21)7-4-5-19-6-10(7)15/h1-6H,(H,20,21). The molecule has 0 aliphatic rings. The highest BCUT2D eigenvalue weighted by Crippen LogP contribution is 2.38. The molecule has 3 nitrogen and oxygen atoms in total. The number of alkyl halides is 3. The summed E-state index contributed by atoms with van der Waals surface area (Å²) in [5.41, 5.74) is -2.16. The molecule has 1 aromatic heterocycles. The maximum Gasteiger partial charge on any atom is 0.418 e. The highest BCUT2D eigenvalue weighted by atomic mass is 35.5. The van der Waals surface area contributed by atoms with Gasteiger partial charge in [-0.25, -0.2) is 4.39 Å². The van der Waals surface area contributed by atoms with Gasteiger partial charge in [0.25, 0.3) is 5.91 Å². The third-order valence-electron chi connectivity index (χ3n) is 2.57. The molecule has 0 spiro atoms. The summed E-state index contributed by atoms with van der Waals surface area (Å²) < 4.78 is 52.0. The second-order valence-corrected chi connectivity index (χ2v) is 4.38. The minimum atomic E-state index is -4.70. The van der Waals surface area contributed by atoms with Gasteiger partial charge in [-0.1, -0.05) is 17.7 Å². The number of anilines is 1. The monoisotopic (exact) mass is 318 g/mol. The van der Waals surface area contributed by atoms with Crippen molar-refractivity contribution < 1.29 is 22.4 Å². The van der Waals surface area contributed by atoms with Crippen LogP contribution in [-0.2, 0) is 6.18 Å². The summed E-state index contributed by atoms with van der Waals surface area (Å²) in [6.45, 7) is 0. The van der Waals surface area contributed by atoms with E-state index in [-0.39, 0.29) is 5.02 Å². The summed E-state index contributed by atoms with van der Waals surface area (Å²) in [4.78, 5) is 15.3. The van der Waals surface area contributed by atoms with E-state index >= 15 is 0 Å². The van der Waals surface area contributed by atoms with Crippen molar-refractivity contribution in [2.45, 2.75) is 6.18 Å². The molecule has 1 heterocycles. The topological polar surface area (TPSA) is 42.0 Å². The van der Waals surface area contributed by atoms with E-state index < -0.39 is 34.7 Å². The highest BCUT2D eigenvalue weighted by Gasteiger charge is 2.35. The van der Waals surface area contributed by atoms with Crippen LogP contribution in [0.5, 0.6) is 0 Å². The van der Waals surface area contributed by atoms with E-state index in [0.717, 1.165) is 30.6 Å². The van der Waals surface area contributed by atoms with Crippen molar-refractivity contribution in [3.8, 4) is 0 Å². The number of hydrogen-bond donors (Lipinski definition) is 1. The number of hydrogen-bond acceptors (Lipinski definition) is 2. The van der Waals surface area contributed by atoms with Gasteiger partial charge in [-0.2, -0.15) is 13.2 Å². The molecule has 110 valence electrons. The molecule has 0 aliphatic heterocycles. The number of benzene rings is 1. The molecular weight excluding hydrogens is 312 g/mol. The molecule has 0 unspecified atom stereocenters. The quantitative estimate of drug-likeness (QED) is 0.845. The Bertz CT molecular complexity index is 688. The predicted octanol–water partition coefficient (Wildman–Crippen LogP) is 4.15. The number of halogens is 5. The Labute approximate surface area is 121 Å². The van der Waals surface area contributed by atoms with Crippen LogP contribution in [0, 0.1) is 5.82 Å². The van der Waals surface area contributed by atoms with Gasteiger partial charge in [0, 0.05) is 6.20 Å². The molecule has 0 radical (unpaired) electrons. The third-order valence-corrected chi connectivity index (χ3v) is 2.89. The molecule has 0 fully saturated rings. The van der Waals surface area contributed by atoms with Crippen LogP contribution in [-0.4, -0.2) is 10.9 Å². The Hall–Kier alpha value is -2.15. The maximum atomic E-state index is 13.4. The number of amides is 1. The van der Waals surface area contributed by atoms with Crippen molar-refractivity contribution in [1.29, 1.82) is 0 Å². The molecule has 8 heteroatoms. The van der Waals surface area contributed by atoms with Crippen LogP contribution in [0.25, 0.3) is 0 Å². The number of aromatic nitrogens is 1. The van der Waals surface area contributed by atoms with Crippen LogP contribution < -0.4 is 5.32 Å². The molecule has 0 saturated heterocycles. The lowest BCUT2D eigenvalue weighted by molar-refractivity contribution is -0.136. The zero-order valence-electron chi connectivity index (χ0n) is 10.2. The molecule has 1 amide bonds. The zero-order valence-corrected chi connectivity index (χ0v) is 11.0. The van der Waals surface area contributed by atoms with Gasteiger partial charge in [0.1, 0.15) is 0 Å². The van der Waals surface area contributed by atoms with Crippen LogP contribution in [0.2, 0.25) is 5.02 Å². The second-order valence-electron chi connectivity index (χ2n) is 3.97. The van der Waals surface area contributed by atoms with Gasteiger partial charge in [-0.3, -0.25) is 9.78 Å². The normalized spacial score (nSPS) is 11.3. The Kier molecular flexibility index (Phi) is 4.13. The van der Waals surface area contributed by atoms with Crippen molar-refractivity contribution in [1.82, 2.24) is 4.98 Å². The molecule has 0 atom stereocenters. The van der Waals surface area contributed by atoms with Gasteiger partial charge in [0.15, 0.2) is 5.82 Å². The first-order valence-corrected chi connectivity index (χ1v) is 5.95. The Morgan fingerprint density at radius 1 is 1.24 bits per heavy atom. The fraction of sp³-hybridized carbons (Fsp3) is 0.0769. The minimum absolute atomic E-state index is 0.298. The summed E-state index contributed by atoms with van der Waals surface area (Å²) >= 11 is 5.69. The van der Waals surface area contributed by atoms with E-state index in [9.17, 15) is 22.4 Å².